The molecule has 24 heavy (non-hydrogen) atoms. The molecular weight excluding hydrogens is 312 g/mol. The fraction of sp³-hybridized carbons (Fsp3) is 0.167. The topological polar surface area (TPSA) is 85.2 Å². The van der Waals surface area contributed by atoms with Crippen LogP contribution in [0, 0.1) is 0 Å². The summed E-state index contributed by atoms with van der Waals surface area (Å²) in [6.45, 7) is 0. The fourth-order valence-corrected chi connectivity index (χ4v) is 2.23. The van der Waals surface area contributed by atoms with Crippen LogP contribution in [-0.4, -0.2) is 37.5 Å². The minimum atomic E-state index is -1.10. The van der Waals surface area contributed by atoms with Gasteiger partial charge in [0.25, 0.3) is 0 Å². The van der Waals surface area contributed by atoms with Crippen molar-refractivity contribution in [2.45, 2.75) is 0 Å². The summed E-state index contributed by atoms with van der Waals surface area (Å²) in [5.74, 6) is 0.350. The van der Waals surface area contributed by atoms with E-state index in [4.69, 9.17) is 14.2 Å². The van der Waals surface area contributed by atoms with Gasteiger partial charge in [-0.2, -0.15) is 0 Å². The van der Waals surface area contributed by atoms with E-state index in [2.05, 4.69) is 0 Å². The number of hydrogen-bond donors (Lipinski definition) is 2. The first-order valence-electron chi connectivity index (χ1n) is 7.04. The summed E-state index contributed by atoms with van der Waals surface area (Å²) in [5, 5.41) is 18.9. The van der Waals surface area contributed by atoms with Crippen LogP contribution in [0.2, 0.25) is 0 Å². The molecule has 0 spiro atoms. The minimum Gasteiger partial charge on any atom is -0.508 e. The fourth-order valence-electron chi connectivity index (χ4n) is 2.23. The number of ether oxygens (including phenoxy) is 3. The van der Waals surface area contributed by atoms with E-state index >= 15 is 0 Å². The van der Waals surface area contributed by atoms with Gasteiger partial charge in [0.1, 0.15) is 11.5 Å². The Bertz CT molecular complexity index is 762. The van der Waals surface area contributed by atoms with Gasteiger partial charge in [-0.3, -0.25) is 0 Å². The molecule has 2 rings (SSSR count). The van der Waals surface area contributed by atoms with Crippen LogP contribution >= 0.6 is 0 Å². The molecule has 0 atom stereocenters. The molecule has 2 aromatic carbocycles. The number of benzene rings is 2. The van der Waals surface area contributed by atoms with Crippen molar-refractivity contribution in [2.75, 3.05) is 21.3 Å². The number of phenolic OH excluding ortho intramolecular Hbond substituents is 1. The number of rotatable bonds is 6. The summed E-state index contributed by atoms with van der Waals surface area (Å²) in [6.07, 6.45) is 1.48. The highest BCUT2D eigenvalue weighted by atomic mass is 16.5. The summed E-state index contributed by atoms with van der Waals surface area (Å²) in [6, 6.07) is 9.18. The lowest BCUT2D eigenvalue weighted by Crippen LogP contribution is -2.00. The summed E-state index contributed by atoms with van der Waals surface area (Å²) < 4.78 is 15.8. The monoisotopic (exact) mass is 330 g/mol. The Morgan fingerprint density at radius 1 is 0.917 bits per heavy atom. The number of methoxy groups -OCH3 is 3. The van der Waals surface area contributed by atoms with Gasteiger partial charge in [0.15, 0.2) is 11.5 Å². The van der Waals surface area contributed by atoms with Crippen molar-refractivity contribution >= 4 is 17.6 Å². The second-order valence-corrected chi connectivity index (χ2v) is 4.86. The van der Waals surface area contributed by atoms with Crippen molar-refractivity contribution in [1.82, 2.24) is 0 Å². The van der Waals surface area contributed by atoms with Gasteiger partial charge in [0, 0.05) is 11.6 Å². The number of carbonyl (C=O) groups is 1. The van der Waals surface area contributed by atoms with E-state index < -0.39 is 5.97 Å². The second kappa shape index (κ2) is 7.41. The maximum atomic E-state index is 11.6. The largest absolute Gasteiger partial charge is 0.508 e. The zero-order valence-electron chi connectivity index (χ0n) is 13.6. The van der Waals surface area contributed by atoms with Crippen LogP contribution in [0.4, 0.5) is 0 Å². The van der Waals surface area contributed by atoms with Crippen LogP contribution in [0.1, 0.15) is 11.1 Å². The molecule has 0 amide bonds. The quantitative estimate of drug-likeness (QED) is 0.625. The molecule has 0 aliphatic carbocycles. The van der Waals surface area contributed by atoms with Crippen LogP contribution < -0.4 is 14.2 Å². The second-order valence-electron chi connectivity index (χ2n) is 4.86. The number of phenols is 1. The first-order valence-corrected chi connectivity index (χ1v) is 7.04. The van der Waals surface area contributed by atoms with Crippen LogP contribution in [0.5, 0.6) is 23.0 Å². The highest BCUT2D eigenvalue weighted by Gasteiger charge is 2.15. The third-order valence-electron chi connectivity index (χ3n) is 3.44. The molecule has 0 bridgehead atoms. The highest BCUT2D eigenvalue weighted by Crippen LogP contribution is 2.36. The summed E-state index contributed by atoms with van der Waals surface area (Å²) in [5.41, 5.74) is 1.04. The molecule has 0 heterocycles. The lowest BCUT2D eigenvalue weighted by Gasteiger charge is -2.13. The Hall–Kier alpha value is -3.15. The van der Waals surface area contributed by atoms with E-state index in [1.54, 1.807) is 12.1 Å². The number of aliphatic carboxylic acids is 1. The first-order chi connectivity index (χ1) is 11.5. The minimum absolute atomic E-state index is 0.0560. The molecule has 0 aromatic heterocycles. The standard InChI is InChI=1S/C18H18O6/c1-22-15-10-17(24-3)16(23-2)9-12(15)8-14(18(20)21)11-4-6-13(19)7-5-11/h4-10,19H,1-3H3,(H,20,21)/b14-8-. The van der Waals surface area contributed by atoms with E-state index in [0.717, 1.165) is 0 Å². The Kier molecular flexibility index (Phi) is 5.31. The van der Waals surface area contributed by atoms with Crippen LogP contribution in [0.25, 0.3) is 11.6 Å². The molecule has 126 valence electrons. The molecule has 0 aliphatic heterocycles. The molecule has 0 fully saturated rings. The summed E-state index contributed by atoms with van der Waals surface area (Å²) in [7, 11) is 4.49. The SMILES string of the molecule is COc1cc(OC)c(OC)cc1/C=C(\C(=O)O)c1ccc(O)cc1. The third-order valence-corrected chi connectivity index (χ3v) is 3.44. The zero-order valence-corrected chi connectivity index (χ0v) is 13.6. The Morgan fingerprint density at radius 2 is 1.46 bits per heavy atom. The smallest absolute Gasteiger partial charge is 0.336 e. The van der Waals surface area contributed by atoms with E-state index in [0.29, 0.717) is 28.4 Å². The van der Waals surface area contributed by atoms with Gasteiger partial charge >= 0.3 is 5.97 Å². The molecule has 0 aliphatic rings. The molecule has 2 N–H and O–H groups in total. The summed E-state index contributed by atoms with van der Waals surface area (Å²) in [4.78, 5) is 11.6. The molecule has 6 nitrogen and oxygen atoms in total. The average Bonchev–Trinajstić information content (AvgIpc) is 2.59. The number of aromatic hydroxyl groups is 1. The number of carboxylic acids is 1. The predicted octanol–water partition coefficient (Wildman–Crippen LogP) is 3.04. The van der Waals surface area contributed by atoms with Crippen LogP contribution in [0.15, 0.2) is 36.4 Å². The van der Waals surface area contributed by atoms with Crippen LogP contribution in [0.3, 0.4) is 0 Å². The van der Waals surface area contributed by atoms with Gasteiger partial charge in [0.05, 0.1) is 26.9 Å². The molecule has 6 heteroatoms. The third kappa shape index (κ3) is 3.60. The number of carboxylic acid groups (broad SMARTS) is 1. The summed E-state index contributed by atoms with van der Waals surface area (Å²) >= 11 is 0. The van der Waals surface area contributed by atoms with Crippen molar-refractivity contribution in [2.24, 2.45) is 0 Å². The normalized spacial score (nSPS) is 11.0. The average molecular weight is 330 g/mol. The molecule has 2 aromatic rings. The van der Waals surface area contributed by atoms with Crippen molar-refractivity contribution in [3.8, 4) is 23.0 Å². The maximum absolute atomic E-state index is 11.6. The van der Waals surface area contributed by atoms with Gasteiger partial charge in [-0.25, -0.2) is 4.79 Å². The lowest BCUT2D eigenvalue weighted by molar-refractivity contribution is -0.130. The van der Waals surface area contributed by atoms with Crippen molar-refractivity contribution in [1.29, 1.82) is 0 Å². The molecule has 0 unspecified atom stereocenters. The van der Waals surface area contributed by atoms with Gasteiger partial charge in [-0.05, 0) is 29.8 Å². The molecule has 0 saturated heterocycles. The van der Waals surface area contributed by atoms with Gasteiger partial charge in [-0.1, -0.05) is 12.1 Å². The van der Waals surface area contributed by atoms with E-state index in [1.165, 1.54) is 51.7 Å². The Labute approximate surface area is 139 Å². The maximum Gasteiger partial charge on any atom is 0.336 e. The number of hydrogen-bond acceptors (Lipinski definition) is 5. The zero-order chi connectivity index (χ0) is 17.7. The van der Waals surface area contributed by atoms with Gasteiger partial charge in [-0.15, -0.1) is 0 Å². The van der Waals surface area contributed by atoms with E-state index in [1.807, 2.05) is 0 Å². The Balaban J connectivity index is 2.60. The molecular formula is C18H18O6. The Morgan fingerprint density at radius 3 is 1.96 bits per heavy atom. The van der Waals surface area contributed by atoms with Crippen molar-refractivity contribution < 1.29 is 29.2 Å². The lowest BCUT2D eigenvalue weighted by atomic mass is 10.0. The molecule has 0 radical (unpaired) electrons. The van der Waals surface area contributed by atoms with E-state index in [-0.39, 0.29) is 11.3 Å². The van der Waals surface area contributed by atoms with Crippen LogP contribution in [-0.2, 0) is 4.79 Å². The van der Waals surface area contributed by atoms with E-state index in [9.17, 15) is 15.0 Å². The molecule has 0 saturated carbocycles. The predicted molar refractivity (Wildman–Crippen MR) is 89.7 cm³/mol. The van der Waals surface area contributed by atoms with Gasteiger partial charge < -0.3 is 24.4 Å². The van der Waals surface area contributed by atoms with Crippen molar-refractivity contribution in [3.63, 3.8) is 0 Å². The van der Waals surface area contributed by atoms with Gasteiger partial charge in [0.2, 0.25) is 0 Å². The first kappa shape index (κ1) is 17.2. The van der Waals surface area contributed by atoms with Crippen molar-refractivity contribution in [3.05, 3.63) is 47.5 Å². The highest BCUT2D eigenvalue weighted by molar-refractivity contribution is 6.20.